The Kier molecular flexibility index (Phi) is 4.12. The summed E-state index contributed by atoms with van der Waals surface area (Å²) in [5.74, 6) is 0.924. The molecule has 0 saturated heterocycles. The van der Waals surface area contributed by atoms with E-state index in [1.54, 1.807) is 0 Å². The number of pyridine rings is 2. The van der Waals surface area contributed by atoms with E-state index in [4.69, 9.17) is 5.73 Å². The number of aryl methyl sites for hydroxylation is 1. The molecule has 0 spiro atoms. The Hall–Kier alpha value is -1.94. The molecule has 0 bridgehead atoms. The number of rotatable bonds is 4. The maximum atomic E-state index is 5.82. The maximum Gasteiger partial charge on any atom is 0.128 e. The van der Waals surface area contributed by atoms with Crippen LogP contribution in [0.25, 0.3) is 0 Å². The van der Waals surface area contributed by atoms with Gasteiger partial charge in [0.25, 0.3) is 0 Å². The number of hydrogen-bond acceptors (Lipinski definition) is 4. The molecule has 0 amide bonds. The van der Waals surface area contributed by atoms with Crippen molar-refractivity contribution >= 4 is 5.82 Å². The van der Waals surface area contributed by atoms with E-state index >= 15 is 0 Å². The van der Waals surface area contributed by atoms with Gasteiger partial charge < -0.3 is 10.6 Å². The third-order valence-corrected chi connectivity index (χ3v) is 3.03. The van der Waals surface area contributed by atoms with Crippen LogP contribution in [0.5, 0.6) is 0 Å². The Morgan fingerprint density at radius 1 is 1.26 bits per heavy atom. The number of hydrogen-bond donors (Lipinski definition) is 1. The minimum Gasteiger partial charge on any atom is -0.354 e. The normalized spacial score (nSPS) is 12.2. The van der Waals surface area contributed by atoms with Crippen LogP contribution in [0.3, 0.4) is 0 Å². The molecule has 2 aromatic heterocycles. The number of anilines is 1. The molecule has 0 aliphatic heterocycles. The summed E-state index contributed by atoms with van der Waals surface area (Å²) in [5, 5.41) is 0. The van der Waals surface area contributed by atoms with Crippen LogP contribution in [0.1, 0.15) is 29.9 Å². The first kappa shape index (κ1) is 13.5. The van der Waals surface area contributed by atoms with Crippen LogP contribution in [0.15, 0.2) is 36.5 Å². The Bertz CT molecular complexity index is 534. The first-order valence-corrected chi connectivity index (χ1v) is 6.41. The predicted octanol–water partition coefficient (Wildman–Crippen LogP) is 2.44. The molecule has 0 radical (unpaired) electrons. The SMILES string of the molecule is Cc1cccc(CN(C)c2ccc([C@@H](C)N)cn2)n1. The zero-order valence-corrected chi connectivity index (χ0v) is 11.7. The molecular weight excluding hydrogens is 236 g/mol. The van der Waals surface area contributed by atoms with Crippen molar-refractivity contribution in [2.45, 2.75) is 26.4 Å². The van der Waals surface area contributed by atoms with Gasteiger partial charge in [0, 0.05) is 25.0 Å². The van der Waals surface area contributed by atoms with E-state index in [9.17, 15) is 0 Å². The summed E-state index contributed by atoms with van der Waals surface area (Å²) in [4.78, 5) is 11.0. The third-order valence-electron chi connectivity index (χ3n) is 3.03. The molecular formula is C15H20N4. The lowest BCUT2D eigenvalue weighted by molar-refractivity contribution is 0.804. The van der Waals surface area contributed by atoms with Gasteiger partial charge in [-0.25, -0.2) is 4.98 Å². The largest absolute Gasteiger partial charge is 0.354 e. The van der Waals surface area contributed by atoms with E-state index in [1.165, 1.54) is 0 Å². The van der Waals surface area contributed by atoms with Gasteiger partial charge in [0.1, 0.15) is 5.82 Å². The van der Waals surface area contributed by atoms with Crippen molar-refractivity contribution < 1.29 is 0 Å². The molecule has 4 heteroatoms. The van der Waals surface area contributed by atoms with Crippen molar-refractivity contribution in [2.24, 2.45) is 5.73 Å². The fraction of sp³-hybridized carbons (Fsp3) is 0.333. The van der Waals surface area contributed by atoms with E-state index in [2.05, 4.69) is 14.9 Å². The molecule has 19 heavy (non-hydrogen) atoms. The summed E-state index contributed by atoms with van der Waals surface area (Å²) in [7, 11) is 2.01. The molecule has 2 N–H and O–H groups in total. The molecule has 0 aliphatic rings. The van der Waals surface area contributed by atoms with Crippen LogP contribution < -0.4 is 10.6 Å². The predicted molar refractivity (Wildman–Crippen MR) is 77.9 cm³/mol. The summed E-state index contributed by atoms with van der Waals surface area (Å²) in [5.41, 5.74) is 8.94. The quantitative estimate of drug-likeness (QED) is 0.913. The summed E-state index contributed by atoms with van der Waals surface area (Å²) in [6, 6.07) is 10.1. The molecule has 2 heterocycles. The highest BCUT2D eigenvalue weighted by atomic mass is 15.2. The second-order valence-electron chi connectivity index (χ2n) is 4.86. The fourth-order valence-corrected chi connectivity index (χ4v) is 1.90. The highest BCUT2D eigenvalue weighted by Crippen LogP contribution is 2.15. The monoisotopic (exact) mass is 256 g/mol. The van der Waals surface area contributed by atoms with Crippen molar-refractivity contribution in [3.8, 4) is 0 Å². The first-order valence-electron chi connectivity index (χ1n) is 6.41. The van der Waals surface area contributed by atoms with E-state index in [1.807, 2.05) is 57.4 Å². The lowest BCUT2D eigenvalue weighted by Gasteiger charge is -2.18. The van der Waals surface area contributed by atoms with Gasteiger partial charge in [-0.15, -0.1) is 0 Å². The second kappa shape index (κ2) is 5.80. The Morgan fingerprint density at radius 3 is 2.63 bits per heavy atom. The smallest absolute Gasteiger partial charge is 0.128 e. The average Bonchev–Trinajstić information content (AvgIpc) is 2.39. The van der Waals surface area contributed by atoms with E-state index < -0.39 is 0 Å². The molecule has 0 fully saturated rings. The zero-order valence-electron chi connectivity index (χ0n) is 11.7. The summed E-state index contributed by atoms with van der Waals surface area (Å²) in [6.45, 7) is 4.70. The van der Waals surface area contributed by atoms with Gasteiger partial charge in [-0.1, -0.05) is 12.1 Å². The average molecular weight is 256 g/mol. The molecule has 0 aliphatic carbocycles. The number of nitrogens with two attached hydrogens (primary N) is 1. The van der Waals surface area contributed by atoms with Crippen LogP contribution in [-0.4, -0.2) is 17.0 Å². The second-order valence-corrected chi connectivity index (χ2v) is 4.86. The minimum atomic E-state index is 0.0188. The van der Waals surface area contributed by atoms with Gasteiger partial charge in [-0.3, -0.25) is 4.98 Å². The molecule has 0 saturated carbocycles. The Morgan fingerprint density at radius 2 is 2.05 bits per heavy atom. The van der Waals surface area contributed by atoms with Gasteiger partial charge in [-0.05, 0) is 37.6 Å². The van der Waals surface area contributed by atoms with Gasteiger partial charge >= 0.3 is 0 Å². The van der Waals surface area contributed by atoms with Crippen LogP contribution in [0, 0.1) is 6.92 Å². The summed E-state index contributed by atoms with van der Waals surface area (Å²) >= 11 is 0. The lowest BCUT2D eigenvalue weighted by Crippen LogP contribution is -2.19. The Balaban J connectivity index is 2.09. The number of aromatic nitrogens is 2. The van der Waals surface area contributed by atoms with E-state index in [0.717, 1.165) is 29.3 Å². The van der Waals surface area contributed by atoms with Crippen molar-refractivity contribution in [3.05, 3.63) is 53.5 Å². The number of nitrogens with zero attached hydrogens (tertiary/aromatic N) is 3. The topological polar surface area (TPSA) is 55.0 Å². The minimum absolute atomic E-state index is 0.0188. The summed E-state index contributed by atoms with van der Waals surface area (Å²) in [6.07, 6.45) is 1.83. The Labute approximate surface area is 114 Å². The summed E-state index contributed by atoms with van der Waals surface area (Å²) < 4.78 is 0. The third kappa shape index (κ3) is 3.51. The molecule has 2 rings (SSSR count). The molecule has 0 unspecified atom stereocenters. The van der Waals surface area contributed by atoms with Gasteiger partial charge in [0.05, 0.1) is 12.2 Å². The van der Waals surface area contributed by atoms with E-state index in [0.29, 0.717) is 0 Å². The van der Waals surface area contributed by atoms with Gasteiger partial charge in [-0.2, -0.15) is 0 Å². The van der Waals surface area contributed by atoms with Gasteiger partial charge in [0.2, 0.25) is 0 Å². The molecule has 100 valence electrons. The molecule has 2 aromatic rings. The molecule has 0 aromatic carbocycles. The van der Waals surface area contributed by atoms with Crippen molar-refractivity contribution in [1.82, 2.24) is 9.97 Å². The van der Waals surface area contributed by atoms with Crippen molar-refractivity contribution in [3.63, 3.8) is 0 Å². The van der Waals surface area contributed by atoms with Crippen LogP contribution in [0.4, 0.5) is 5.82 Å². The van der Waals surface area contributed by atoms with Crippen LogP contribution in [0.2, 0.25) is 0 Å². The highest BCUT2D eigenvalue weighted by molar-refractivity contribution is 5.39. The van der Waals surface area contributed by atoms with Crippen LogP contribution >= 0.6 is 0 Å². The van der Waals surface area contributed by atoms with E-state index in [-0.39, 0.29) is 6.04 Å². The molecule has 4 nitrogen and oxygen atoms in total. The van der Waals surface area contributed by atoms with Crippen LogP contribution in [-0.2, 0) is 6.54 Å². The van der Waals surface area contributed by atoms with Crippen molar-refractivity contribution in [2.75, 3.05) is 11.9 Å². The van der Waals surface area contributed by atoms with Crippen molar-refractivity contribution in [1.29, 1.82) is 0 Å². The highest BCUT2D eigenvalue weighted by Gasteiger charge is 2.06. The zero-order chi connectivity index (χ0) is 13.8. The lowest BCUT2D eigenvalue weighted by atomic mass is 10.1. The first-order chi connectivity index (χ1) is 9.06. The van der Waals surface area contributed by atoms with Gasteiger partial charge in [0.15, 0.2) is 0 Å². The fourth-order valence-electron chi connectivity index (χ4n) is 1.90. The maximum absolute atomic E-state index is 5.82. The molecule has 1 atom stereocenters. The standard InChI is InChI=1S/C15H20N4/c1-11-5-4-6-14(18-11)10-19(3)15-8-7-13(9-17-15)12(2)16/h4-9,12H,10,16H2,1-3H3/t12-/m1/s1.